The molecule has 0 unspecified atom stereocenters. The van der Waals surface area contributed by atoms with Crippen LogP contribution in [0.25, 0.3) is 0 Å². The molecule has 3 aliphatic rings. The number of nitrogens with zero attached hydrogens (tertiary/aromatic N) is 3. The normalized spacial score (nSPS) is 29.0. The first-order chi connectivity index (χ1) is 13.5. The van der Waals surface area contributed by atoms with Crippen LogP contribution in [0.4, 0.5) is 0 Å². The monoisotopic (exact) mass is 391 g/mol. The molecule has 3 atom stereocenters. The number of fused-ring (bicyclic) bond motifs is 1. The molecule has 0 aromatic carbocycles. The molecule has 0 radical (unpaired) electrons. The smallest absolute Gasteiger partial charge is 0.237 e. The molecule has 3 saturated heterocycles. The Morgan fingerprint density at radius 2 is 2.11 bits per heavy atom. The van der Waals surface area contributed by atoms with E-state index in [0.717, 1.165) is 12.8 Å². The van der Waals surface area contributed by atoms with Crippen LogP contribution in [0.2, 0.25) is 0 Å². The third kappa shape index (κ3) is 4.05. The van der Waals surface area contributed by atoms with Crippen LogP contribution in [0.5, 0.6) is 0 Å². The first-order valence-electron chi connectivity index (χ1n) is 10.2. The summed E-state index contributed by atoms with van der Waals surface area (Å²) in [6.07, 6.45) is 2.77. The van der Waals surface area contributed by atoms with E-state index < -0.39 is 0 Å². The van der Waals surface area contributed by atoms with Gasteiger partial charge in [0.15, 0.2) is 0 Å². The summed E-state index contributed by atoms with van der Waals surface area (Å²) < 4.78 is 11.1. The van der Waals surface area contributed by atoms with Crippen LogP contribution >= 0.6 is 0 Å². The van der Waals surface area contributed by atoms with Crippen LogP contribution in [0, 0.1) is 5.92 Å². The van der Waals surface area contributed by atoms with Gasteiger partial charge in [0.05, 0.1) is 6.04 Å². The first-order valence-corrected chi connectivity index (χ1v) is 10.2. The van der Waals surface area contributed by atoms with Crippen molar-refractivity contribution in [1.29, 1.82) is 0 Å². The van der Waals surface area contributed by atoms with Crippen molar-refractivity contribution in [3.8, 4) is 0 Å². The molecule has 0 saturated carbocycles. The first kappa shape index (κ1) is 19.3. The number of carbonyl (C=O) groups excluding carboxylic acids is 2. The standard InChI is InChI=1S/C19H29N5O4/c1-11(2)19-23-22-16(28-19)8-14-9-20-18(26)15-7-13(10-24(14)15)21-17(25)12-3-5-27-6-4-12/h11-15H,3-10H2,1-2H3,(H,20,26)(H,21,25)/t13-,14+,15-/m0/s1. The van der Waals surface area contributed by atoms with E-state index in [2.05, 4.69) is 25.7 Å². The van der Waals surface area contributed by atoms with E-state index in [1.807, 2.05) is 13.8 Å². The molecule has 4 rings (SSSR count). The van der Waals surface area contributed by atoms with Crippen LogP contribution in [0.1, 0.15) is 50.8 Å². The Morgan fingerprint density at radius 1 is 1.32 bits per heavy atom. The van der Waals surface area contributed by atoms with Crippen molar-refractivity contribution in [3.63, 3.8) is 0 Å². The van der Waals surface area contributed by atoms with Crippen LogP contribution in [-0.2, 0) is 20.7 Å². The van der Waals surface area contributed by atoms with Gasteiger partial charge in [-0.3, -0.25) is 14.5 Å². The second-order valence-electron chi connectivity index (χ2n) is 8.33. The lowest BCUT2D eigenvalue weighted by Gasteiger charge is -2.36. The summed E-state index contributed by atoms with van der Waals surface area (Å²) in [4.78, 5) is 27.1. The van der Waals surface area contributed by atoms with Gasteiger partial charge in [0.25, 0.3) is 0 Å². The van der Waals surface area contributed by atoms with Crippen LogP contribution in [0.3, 0.4) is 0 Å². The van der Waals surface area contributed by atoms with Crippen molar-refractivity contribution in [1.82, 2.24) is 25.7 Å². The number of nitrogens with one attached hydrogen (secondary N) is 2. The van der Waals surface area contributed by atoms with E-state index in [1.54, 1.807) is 0 Å². The van der Waals surface area contributed by atoms with E-state index in [0.29, 0.717) is 50.9 Å². The van der Waals surface area contributed by atoms with Gasteiger partial charge in [0, 0.05) is 56.6 Å². The lowest BCUT2D eigenvalue weighted by molar-refractivity contribution is -0.130. The summed E-state index contributed by atoms with van der Waals surface area (Å²) in [6, 6.07) is -0.139. The largest absolute Gasteiger partial charge is 0.425 e. The molecular formula is C19H29N5O4. The summed E-state index contributed by atoms with van der Waals surface area (Å²) in [5.41, 5.74) is 0. The zero-order chi connectivity index (χ0) is 19.7. The molecule has 1 aromatic rings. The van der Waals surface area contributed by atoms with Gasteiger partial charge < -0.3 is 19.8 Å². The summed E-state index contributed by atoms with van der Waals surface area (Å²) in [6.45, 7) is 6.54. The number of piperazine rings is 1. The fourth-order valence-electron chi connectivity index (χ4n) is 4.33. The van der Waals surface area contributed by atoms with E-state index in [1.165, 1.54) is 0 Å². The molecule has 9 heteroatoms. The van der Waals surface area contributed by atoms with E-state index in [-0.39, 0.29) is 41.8 Å². The topological polar surface area (TPSA) is 110 Å². The number of amides is 2. The highest BCUT2D eigenvalue weighted by Crippen LogP contribution is 2.26. The molecule has 2 amide bonds. The maximum Gasteiger partial charge on any atom is 0.237 e. The third-order valence-electron chi connectivity index (χ3n) is 5.95. The highest BCUT2D eigenvalue weighted by atomic mass is 16.5. The maximum absolute atomic E-state index is 12.6. The lowest BCUT2D eigenvalue weighted by atomic mass is 9.99. The number of hydrogen-bond acceptors (Lipinski definition) is 7. The molecule has 28 heavy (non-hydrogen) atoms. The van der Waals surface area contributed by atoms with E-state index >= 15 is 0 Å². The number of rotatable bonds is 5. The van der Waals surface area contributed by atoms with Gasteiger partial charge >= 0.3 is 0 Å². The van der Waals surface area contributed by atoms with Crippen molar-refractivity contribution in [3.05, 3.63) is 11.8 Å². The van der Waals surface area contributed by atoms with Gasteiger partial charge in [-0.2, -0.15) is 0 Å². The van der Waals surface area contributed by atoms with Crippen LogP contribution < -0.4 is 10.6 Å². The quantitative estimate of drug-likeness (QED) is 0.739. The molecular weight excluding hydrogens is 362 g/mol. The highest BCUT2D eigenvalue weighted by molar-refractivity contribution is 5.84. The molecule has 0 aliphatic carbocycles. The van der Waals surface area contributed by atoms with Gasteiger partial charge in [-0.1, -0.05) is 13.8 Å². The molecule has 154 valence electrons. The number of aromatic nitrogens is 2. The average Bonchev–Trinajstić information content (AvgIpc) is 3.32. The third-order valence-corrected chi connectivity index (χ3v) is 5.95. The maximum atomic E-state index is 12.6. The lowest BCUT2D eigenvalue weighted by Crippen LogP contribution is -2.58. The molecule has 1 aromatic heterocycles. The van der Waals surface area contributed by atoms with E-state index in [9.17, 15) is 9.59 Å². The Bertz CT molecular complexity index is 715. The Kier molecular flexibility index (Phi) is 5.63. The summed E-state index contributed by atoms with van der Waals surface area (Å²) in [5.74, 6) is 1.56. The molecule has 0 bridgehead atoms. The minimum atomic E-state index is -0.216. The molecule has 3 aliphatic heterocycles. The Morgan fingerprint density at radius 3 is 2.82 bits per heavy atom. The van der Waals surface area contributed by atoms with Gasteiger partial charge in [-0.05, 0) is 19.3 Å². The predicted octanol–water partition coefficient (Wildman–Crippen LogP) is 0.220. The molecule has 4 heterocycles. The molecule has 3 fully saturated rings. The highest BCUT2D eigenvalue weighted by Gasteiger charge is 2.44. The number of hydrogen-bond donors (Lipinski definition) is 2. The number of carbonyl (C=O) groups is 2. The van der Waals surface area contributed by atoms with Crippen molar-refractivity contribution >= 4 is 11.8 Å². The van der Waals surface area contributed by atoms with Crippen molar-refractivity contribution < 1.29 is 18.7 Å². The molecule has 2 N–H and O–H groups in total. The SMILES string of the molecule is CC(C)c1nnc(C[C@@H]2CNC(=O)[C@@H]3C[C@H](NC(=O)C4CCOCC4)CN23)o1. The summed E-state index contributed by atoms with van der Waals surface area (Å²) in [5, 5.41) is 14.4. The van der Waals surface area contributed by atoms with Crippen molar-refractivity contribution in [2.45, 2.75) is 63.6 Å². The van der Waals surface area contributed by atoms with E-state index in [4.69, 9.17) is 9.15 Å². The van der Waals surface area contributed by atoms with Crippen molar-refractivity contribution in [2.24, 2.45) is 5.92 Å². The molecule has 0 spiro atoms. The minimum Gasteiger partial charge on any atom is -0.425 e. The summed E-state index contributed by atoms with van der Waals surface area (Å²) >= 11 is 0. The minimum absolute atomic E-state index is 0.0133. The zero-order valence-corrected chi connectivity index (χ0v) is 16.5. The zero-order valence-electron chi connectivity index (χ0n) is 16.5. The Balaban J connectivity index is 1.38. The number of ether oxygens (including phenoxy) is 1. The fraction of sp³-hybridized carbons (Fsp3) is 0.789. The van der Waals surface area contributed by atoms with Gasteiger partial charge in [-0.25, -0.2) is 0 Å². The Hall–Kier alpha value is -2.00. The van der Waals surface area contributed by atoms with Gasteiger partial charge in [-0.15, -0.1) is 10.2 Å². The fourth-order valence-corrected chi connectivity index (χ4v) is 4.33. The molecule has 9 nitrogen and oxygen atoms in total. The van der Waals surface area contributed by atoms with Gasteiger partial charge in [0.1, 0.15) is 0 Å². The van der Waals surface area contributed by atoms with Crippen LogP contribution in [-0.4, -0.2) is 71.3 Å². The van der Waals surface area contributed by atoms with Gasteiger partial charge in [0.2, 0.25) is 23.6 Å². The van der Waals surface area contributed by atoms with Crippen LogP contribution in [0.15, 0.2) is 4.42 Å². The Labute approximate surface area is 164 Å². The summed E-state index contributed by atoms with van der Waals surface area (Å²) in [7, 11) is 0. The average molecular weight is 391 g/mol. The second kappa shape index (κ2) is 8.16. The van der Waals surface area contributed by atoms with Crippen molar-refractivity contribution in [2.75, 3.05) is 26.3 Å². The predicted molar refractivity (Wildman–Crippen MR) is 99.5 cm³/mol. The second-order valence-corrected chi connectivity index (χ2v) is 8.33.